The van der Waals surface area contributed by atoms with Crippen LogP contribution in [0, 0.1) is 0 Å². The molecule has 0 fully saturated rings. The van der Waals surface area contributed by atoms with Crippen LogP contribution in [0.1, 0.15) is 25.5 Å². The van der Waals surface area contributed by atoms with Crippen LogP contribution in [0.4, 0.5) is 0 Å². The Morgan fingerprint density at radius 1 is 1.39 bits per heavy atom. The van der Waals surface area contributed by atoms with E-state index in [0.29, 0.717) is 18.7 Å². The molecule has 0 aliphatic carbocycles. The molecule has 5 nitrogen and oxygen atoms in total. The van der Waals surface area contributed by atoms with Crippen LogP contribution in [0.3, 0.4) is 0 Å². The smallest absolute Gasteiger partial charge is 0.130 e. The maximum absolute atomic E-state index is 5.84. The van der Waals surface area contributed by atoms with Gasteiger partial charge in [0.2, 0.25) is 0 Å². The van der Waals surface area contributed by atoms with Crippen LogP contribution in [-0.2, 0) is 0 Å². The molecule has 2 heterocycles. The van der Waals surface area contributed by atoms with E-state index in [1.54, 1.807) is 7.11 Å². The maximum atomic E-state index is 5.84. The molecule has 122 valence electrons. The van der Waals surface area contributed by atoms with E-state index in [-0.39, 0.29) is 0 Å². The fourth-order valence-electron chi connectivity index (χ4n) is 2.63. The Labute approximate surface area is 136 Å². The first kappa shape index (κ1) is 15.6. The molecule has 1 N–H and O–H groups in total. The van der Waals surface area contributed by atoms with Crippen LogP contribution < -0.4 is 14.8 Å². The molecular formula is C18H23N3O2. The fourth-order valence-corrected chi connectivity index (χ4v) is 2.63. The number of benzene rings is 1. The number of hydrogen-bond donors (Lipinski definition) is 1. The van der Waals surface area contributed by atoms with Gasteiger partial charge in [0.1, 0.15) is 18.1 Å². The summed E-state index contributed by atoms with van der Waals surface area (Å²) in [6.45, 7) is 5.75. The van der Waals surface area contributed by atoms with Crippen molar-refractivity contribution < 1.29 is 9.47 Å². The largest absolute Gasteiger partial charge is 0.497 e. The topological polar surface area (TPSA) is 48.3 Å². The number of rotatable bonds is 6. The molecular weight excluding hydrogens is 290 g/mol. The van der Waals surface area contributed by atoms with Crippen molar-refractivity contribution in [1.29, 1.82) is 0 Å². The number of fused-ring (bicyclic) bond motifs is 1. The number of methoxy groups -OCH3 is 1. The molecule has 3 rings (SSSR count). The highest BCUT2D eigenvalue weighted by molar-refractivity contribution is 5.63. The molecule has 1 aliphatic rings. The second-order valence-corrected chi connectivity index (χ2v) is 5.89. The first-order chi connectivity index (χ1) is 11.2. The van der Waals surface area contributed by atoms with Crippen LogP contribution in [0.15, 0.2) is 42.2 Å². The monoisotopic (exact) mass is 313 g/mol. The van der Waals surface area contributed by atoms with Crippen LogP contribution in [-0.4, -0.2) is 36.1 Å². The molecule has 23 heavy (non-hydrogen) atoms. The van der Waals surface area contributed by atoms with Gasteiger partial charge in [0.25, 0.3) is 0 Å². The van der Waals surface area contributed by atoms with Gasteiger partial charge in [-0.2, -0.15) is 5.10 Å². The third kappa shape index (κ3) is 3.56. The highest BCUT2D eigenvalue weighted by Crippen LogP contribution is 2.30. The fraction of sp³-hybridized carbons (Fsp3) is 0.389. The molecule has 0 unspecified atom stereocenters. The summed E-state index contributed by atoms with van der Waals surface area (Å²) in [6, 6.07) is 8.48. The number of ether oxygens (including phenoxy) is 2. The van der Waals surface area contributed by atoms with E-state index in [1.165, 1.54) is 5.57 Å². The first-order valence-electron chi connectivity index (χ1n) is 7.90. The number of hydrogen-bond acceptors (Lipinski definition) is 4. The molecule has 0 radical (unpaired) electrons. The van der Waals surface area contributed by atoms with Gasteiger partial charge in [0, 0.05) is 36.6 Å². The normalized spacial score (nSPS) is 16.0. The Kier molecular flexibility index (Phi) is 4.67. The Hall–Kier alpha value is -2.27. The SMILES string of the molecule is COc1ccc2c(c1)OCC(CN[C@@H](C)[C@@H](C)n1cccn1)=C2. The average Bonchev–Trinajstić information content (AvgIpc) is 3.12. The van der Waals surface area contributed by atoms with Crippen molar-refractivity contribution in [3.63, 3.8) is 0 Å². The molecule has 2 aromatic rings. The van der Waals surface area contributed by atoms with Gasteiger partial charge in [0.05, 0.1) is 13.2 Å². The van der Waals surface area contributed by atoms with Gasteiger partial charge in [-0.05, 0) is 43.7 Å². The summed E-state index contributed by atoms with van der Waals surface area (Å²) >= 11 is 0. The summed E-state index contributed by atoms with van der Waals surface area (Å²) < 4.78 is 13.0. The Morgan fingerprint density at radius 2 is 2.26 bits per heavy atom. The second-order valence-electron chi connectivity index (χ2n) is 5.89. The average molecular weight is 313 g/mol. The summed E-state index contributed by atoms with van der Waals surface area (Å²) in [6.07, 6.45) is 6.00. The van der Waals surface area contributed by atoms with Gasteiger partial charge in [-0.3, -0.25) is 4.68 Å². The lowest BCUT2D eigenvalue weighted by atomic mass is 10.1. The van der Waals surface area contributed by atoms with Crippen molar-refractivity contribution in [2.45, 2.75) is 25.9 Å². The van der Waals surface area contributed by atoms with Crippen LogP contribution in [0.25, 0.3) is 6.08 Å². The van der Waals surface area contributed by atoms with Gasteiger partial charge in [0.15, 0.2) is 0 Å². The molecule has 5 heteroatoms. The van der Waals surface area contributed by atoms with E-state index in [9.17, 15) is 0 Å². The van der Waals surface area contributed by atoms with Gasteiger partial charge >= 0.3 is 0 Å². The minimum absolute atomic E-state index is 0.298. The Balaban J connectivity index is 1.61. The van der Waals surface area contributed by atoms with E-state index < -0.39 is 0 Å². The highest BCUT2D eigenvalue weighted by Gasteiger charge is 2.16. The number of nitrogens with one attached hydrogen (secondary N) is 1. The summed E-state index contributed by atoms with van der Waals surface area (Å²) in [5, 5.41) is 7.86. The summed E-state index contributed by atoms with van der Waals surface area (Å²) in [7, 11) is 1.66. The predicted octanol–water partition coefficient (Wildman–Crippen LogP) is 2.91. The van der Waals surface area contributed by atoms with Crippen molar-refractivity contribution in [2.24, 2.45) is 0 Å². The standard InChI is InChI=1S/C18H23N3O2/c1-13(14(2)21-8-4-7-20-21)19-11-15-9-16-5-6-17(22-3)10-18(16)23-12-15/h4-10,13-14,19H,11-12H2,1-3H3/t13-,14+/m0/s1. The lowest BCUT2D eigenvalue weighted by Gasteiger charge is -2.24. The van der Waals surface area contributed by atoms with Crippen molar-refractivity contribution >= 4 is 6.08 Å². The van der Waals surface area contributed by atoms with Crippen molar-refractivity contribution in [3.8, 4) is 11.5 Å². The van der Waals surface area contributed by atoms with Crippen LogP contribution >= 0.6 is 0 Å². The first-order valence-corrected chi connectivity index (χ1v) is 7.90. The van der Waals surface area contributed by atoms with E-state index in [4.69, 9.17) is 9.47 Å². The summed E-state index contributed by atoms with van der Waals surface area (Å²) in [5.74, 6) is 1.70. The van der Waals surface area contributed by atoms with Crippen LogP contribution in [0.5, 0.6) is 11.5 Å². The minimum Gasteiger partial charge on any atom is -0.497 e. The second kappa shape index (κ2) is 6.87. The molecule has 0 spiro atoms. The molecule has 0 bridgehead atoms. The third-order valence-electron chi connectivity index (χ3n) is 4.31. The third-order valence-corrected chi connectivity index (χ3v) is 4.31. The zero-order chi connectivity index (χ0) is 16.2. The van der Waals surface area contributed by atoms with Crippen molar-refractivity contribution in [1.82, 2.24) is 15.1 Å². The molecule has 0 saturated carbocycles. The van der Waals surface area contributed by atoms with Crippen molar-refractivity contribution in [2.75, 3.05) is 20.3 Å². The van der Waals surface area contributed by atoms with Crippen LogP contribution in [0.2, 0.25) is 0 Å². The molecule has 1 aliphatic heterocycles. The van der Waals surface area contributed by atoms with E-state index in [2.05, 4.69) is 30.3 Å². The Bertz CT molecular complexity index is 680. The Morgan fingerprint density at radius 3 is 3.00 bits per heavy atom. The van der Waals surface area contributed by atoms with Crippen molar-refractivity contribution in [3.05, 3.63) is 47.8 Å². The molecule has 1 aromatic carbocycles. The number of nitrogens with zero attached hydrogens (tertiary/aromatic N) is 2. The highest BCUT2D eigenvalue weighted by atomic mass is 16.5. The molecule has 1 aromatic heterocycles. The molecule has 2 atom stereocenters. The summed E-state index contributed by atoms with van der Waals surface area (Å²) in [5.41, 5.74) is 2.34. The lowest BCUT2D eigenvalue weighted by molar-refractivity contribution is 0.329. The van der Waals surface area contributed by atoms with Gasteiger partial charge in [-0.1, -0.05) is 0 Å². The summed E-state index contributed by atoms with van der Waals surface area (Å²) in [4.78, 5) is 0. The zero-order valence-electron chi connectivity index (χ0n) is 13.8. The predicted molar refractivity (Wildman–Crippen MR) is 90.9 cm³/mol. The quantitative estimate of drug-likeness (QED) is 0.891. The minimum atomic E-state index is 0.298. The zero-order valence-corrected chi connectivity index (χ0v) is 13.8. The molecule has 0 saturated heterocycles. The lowest BCUT2D eigenvalue weighted by Crippen LogP contribution is -2.36. The van der Waals surface area contributed by atoms with Gasteiger partial charge < -0.3 is 14.8 Å². The maximum Gasteiger partial charge on any atom is 0.130 e. The molecule has 0 amide bonds. The van der Waals surface area contributed by atoms with Gasteiger partial charge in [-0.25, -0.2) is 0 Å². The van der Waals surface area contributed by atoms with E-state index in [1.807, 2.05) is 41.3 Å². The van der Waals surface area contributed by atoms with E-state index in [0.717, 1.165) is 23.6 Å². The van der Waals surface area contributed by atoms with Gasteiger partial charge in [-0.15, -0.1) is 0 Å². The van der Waals surface area contributed by atoms with E-state index >= 15 is 0 Å². The number of aromatic nitrogens is 2.